The fourth-order valence-electron chi connectivity index (χ4n) is 3.25. The summed E-state index contributed by atoms with van der Waals surface area (Å²) in [6, 6.07) is 12.8. The number of carbonyl (C=O) groups is 1. The molecule has 0 spiro atoms. The van der Waals surface area contributed by atoms with Crippen LogP contribution in [0.1, 0.15) is 16.5 Å². The molecule has 1 aliphatic heterocycles. The first-order valence-corrected chi connectivity index (χ1v) is 11.5. The lowest BCUT2D eigenvalue weighted by Gasteiger charge is -2.28. The van der Waals surface area contributed by atoms with Gasteiger partial charge in [0.25, 0.3) is 0 Å². The molecule has 0 unspecified atom stereocenters. The molecule has 1 N–H and O–H groups in total. The highest BCUT2D eigenvalue weighted by atomic mass is 32.2. The summed E-state index contributed by atoms with van der Waals surface area (Å²) in [5.41, 5.74) is 0.573. The van der Waals surface area contributed by atoms with E-state index in [-0.39, 0.29) is 18.2 Å². The number of hydrogen-bond acceptors (Lipinski definition) is 7. The number of nitrogens with zero attached hydrogens (tertiary/aromatic N) is 1. The lowest BCUT2D eigenvalue weighted by molar-refractivity contribution is -0.141. The van der Waals surface area contributed by atoms with E-state index in [1.807, 2.05) is 0 Å². The predicted molar refractivity (Wildman–Crippen MR) is 113 cm³/mol. The Morgan fingerprint density at radius 1 is 1.16 bits per heavy atom. The van der Waals surface area contributed by atoms with Crippen molar-refractivity contribution in [2.75, 3.05) is 13.9 Å². The number of ether oxygens (including phenoxy) is 3. The molecular weight excluding hydrogens is 442 g/mol. The van der Waals surface area contributed by atoms with Crippen molar-refractivity contribution < 1.29 is 32.5 Å². The van der Waals surface area contributed by atoms with Gasteiger partial charge in [0.1, 0.15) is 5.75 Å². The lowest BCUT2D eigenvalue weighted by Crippen LogP contribution is -2.38. The minimum atomic E-state index is -4.18. The maximum atomic E-state index is 13.6. The molecule has 162 valence electrons. The smallest absolute Gasteiger partial charge is 0.327 e. The van der Waals surface area contributed by atoms with E-state index >= 15 is 0 Å². The van der Waals surface area contributed by atoms with Crippen LogP contribution in [0.2, 0.25) is 0 Å². The van der Waals surface area contributed by atoms with Gasteiger partial charge in [0.2, 0.25) is 16.8 Å². The summed E-state index contributed by atoms with van der Waals surface area (Å²) in [5.74, 6) is 0.276. The van der Waals surface area contributed by atoms with E-state index in [0.29, 0.717) is 27.7 Å². The summed E-state index contributed by atoms with van der Waals surface area (Å²) in [4.78, 5) is 12.6. The van der Waals surface area contributed by atoms with Crippen LogP contribution in [0.5, 0.6) is 17.2 Å². The second-order valence-electron chi connectivity index (χ2n) is 6.67. The number of hydrogen-bond donors (Lipinski definition) is 1. The van der Waals surface area contributed by atoms with Gasteiger partial charge >= 0.3 is 5.97 Å². The molecule has 2 heterocycles. The first-order chi connectivity index (χ1) is 14.9. The Morgan fingerprint density at radius 3 is 2.55 bits per heavy atom. The monoisotopic (exact) mass is 461 g/mol. The number of sulfonamides is 1. The minimum Gasteiger partial charge on any atom is -0.497 e. The molecule has 0 saturated carbocycles. The molecule has 31 heavy (non-hydrogen) atoms. The molecule has 2 aromatic carbocycles. The van der Waals surface area contributed by atoms with Crippen LogP contribution in [0.3, 0.4) is 0 Å². The summed E-state index contributed by atoms with van der Waals surface area (Å²) in [7, 11) is -2.70. The maximum Gasteiger partial charge on any atom is 0.327 e. The molecule has 0 amide bonds. The van der Waals surface area contributed by atoms with Gasteiger partial charge in [-0.05, 0) is 53.4 Å². The number of methoxy groups -OCH3 is 1. The number of carboxylic acids is 1. The zero-order valence-electron chi connectivity index (χ0n) is 16.4. The van der Waals surface area contributed by atoms with E-state index in [4.69, 9.17) is 14.2 Å². The SMILES string of the molecule is COc1ccc(S(=O)(=O)N(Cc2ccc3c(c2)OCO3)[C@@H](C(=O)O)c2cccs2)cc1. The van der Waals surface area contributed by atoms with Crippen LogP contribution >= 0.6 is 11.3 Å². The van der Waals surface area contributed by atoms with Crippen molar-refractivity contribution in [1.29, 1.82) is 0 Å². The molecule has 1 atom stereocenters. The second kappa shape index (κ2) is 8.58. The Bertz CT molecular complexity index is 1170. The first kappa shape index (κ1) is 21.2. The Labute approximate surface area is 183 Å². The van der Waals surface area contributed by atoms with E-state index in [1.165, 1.54) is 42.7 Å². The van der Waals surface area contributed by atoms with Crippen LogP contribution in [-0.4, -0.2) is 37.7 Å². The summed E-state index contributed by atoms with van der Waals surface area (Å²) < 4.78 is 43.9. The normalized spacial score (nSPS) is 13.9. The molecular formula is C21H19NO7S2. The third-order valence-electron chi connectivity index (χ3n) is 4.78. The van der Waals surface area contributed by atoms with Gasteiger partial charge in [0, 0.05) is 11.4 Å². The highest BCUT2D eigenvalue weighted by Crippen LogP contribution is 2.36. The van der Waals surface area contributed by atoms with Gasteiger partial charge in [0.15, 0.2) is 17.5 Å². The average molecular weight is 462 g/mol. The van der Waals surface area contributed by atoms with Crippen molar-refractivity contribution in [2.45, 2.75) is 17.5 Å². The van der Waals surface area contributed by atoms with Crippen LogP contribution in [0.4, 0.5) is 0 Å². The molecule has 0 fully saturated rings. The van der Waals surface area contributed by atoms with Crippen LogP contribution in [0, 0.1) is 0 Å². The molecule has 10 heteroatoms. The number of aliphatic carboxylic acids is 1. The number of rotatable bonds is 8. The zero-order chi connectivity index (χ0) is 22.0. The predicted octanol–water partition coefficient (Wildman–Crippen LogP) is 3.50. The van der Waals surface area contributed by atoms with Crippen molar-refractivity contribution in [3.05, 3.63) is 70.4 Å². The Morgan fingerprint density at radius 2 is 1.90 bits per heavy atom. The van der Waals surface area contributed by atoms with Gasteiger partial charge in [-0.15, -0.1) is 11.3 Å². The third-order valence-corrected chi connectivity index (χ3v) is 7.53. The van der Waals surface area contributed by atoms with Crippen molar-refractivity contribution in [3.8, 4) is 17.2 Å². The van der Waals surface area contributed by atoms with Crippen molar-refractivity contribution in [2.24, 2.45) is 0 Å². The van der Waals surface area contributed by atoms with Gasteiger partial charge in [-0.2, -0.15) is 4.31 Å². The molecule has 0 saturated heterocycles. The molecule has 0 bridgehead atoms. The third kappa shape index (κ3) is 4.22. The topological polar surface area (TPSA) is 102 Å². The van der Waals surface area contributed by atoms with Gasteiger partial charge in [-0.1, -0.05) is 12.1 Å². The lowest BCUT2D eigenvalue weighted by atomic mass is 10.1. The van der Waals surface area contributed by atoms with Crippen LogP contribution in [0.15, 0.2) is 64.9 Å². The van der Waals surface area contributed by atoms with Crippen LogP contribution in [0.25, 0.3) is 0 Å². The fraction of sp³-hybridized carbons (Fsp3) is 0.190. The molecule has 4 rings (SSSR count). The van der Waals surface area contributed by atoms with Gasteiger partial charge < -0.3 is 19.3 Å². The van der Waals surface area contributed by atoms with E-state index in [0.717, 1.165) is 4.31 Å². The number of carboxylic acid groups (broad SMARTS) is 1. The van der Waals surface area contributed by atoms with E-state index in [9.17, 15) is 18.3 Å². The average Bonchev–Trinajstić information content (AvgIpc) is 3.45. The van der Waals surface area contributed by atoms with Crippen LogP contribution < -0.4 is 14.2 Å². The summed E-state index contributed by atoms with van der Waals surface area (Å²) >= 11 is 1.18. The maximum absolute atomic E-state index is 13.6. The Kier molecular flexibility index (Phi) is 5.86. The first-order valence-electron chi connectivity index (χ1n) is 9.21. The minimum absolute atomic E-state index is 0.0307. The largest absolute Gasteiger partial charge is 0.497 e. The number of thiophene rings is 1. The fourth-order valence-corrected chi connectivity index (χ4v) is 5.70. The standard InChI is InChI=1S/C21H19NO7S2/c1-27-15-5-7-16(8-6-15)31(25,26)22(20(21(23)24)19-3-2-10-30-19)12-14-4-9-17-18(11-14)29-13-28-17/h2-11,20H,12-13H2,1H3,(H,23,24)/t20-/m1/s1. The van der Waals surface area contributed by atoms with Gasteiger partial charge in [-0.3, -0.25) is 4.79 Å². The molecule has 0 radical (unpaired) electrons. The van der Waals surface area contributed by atoms with Gasteiger partial charge in [0.05, 0.1) is 12.0 Å². The van der Waals surface area contributed by atoms with E-state index in [1.54, 1.807) is 35.7 Å². The Balaban J connectivity index is 1.78. The summed E-state index contributed by atoms with van der Waals surface area (Å²) in [5, 5.41) is 11.7. The Hall–Kier alpha value is -3.08. The summed E-state index contributed by atoms with van der Waals surface area (Å²) in [6.45, 7) is -0.0839. The van der Waals surface area contributed by atoms with Crippen molar-refractivity contribution in [3.63, 3.8) is 0 Å². The summed E-state index contributed by atoms with van der Waals surface area (Å²) in [6.07, 6.45) is 0. The highest BCUT2D eigenvalue weighted by molar-refractivity contribution is 7.89. The van der Waals surface area contributed by atoms with Gasteiger partial charge in [-0.25, -0.2) is 8.42 Å². The van der Waals surface area contributed by atoms with E-state index in [2.05, 4.69) is 0 Å². The highest BCUT2D eigenvalue weighted by Gasteiger charge is 2.38. The second-order valence-corrected chi connectivity index (χ2v) is 9.54. The zero-order valence-corrected chi connectivity index (χ0v) is 18.1. The molecule has 0 aliphatic carbocycles. The molecule has 3 aromatic rings. The quantitative estimate of drug-likeness (QED) is 0.548. The van der Waals surface area contributed by atoms with Crippen molar-refractivity contribution in [1.82, 2.24) is 4.31 Å². The number of fused-ring (bicyclic) bond motifs is 1. The molecule has 1 aliphatic rings. The van der Waals surface area contributed by atoms with E-state index < -0.39 is 22.0 Å². The number of benzene rings is 2. The van der Waals surface area contributed by atoms with Crippen LogP contribution in [-0.2, 0) is 21.4 Å². The van der Waals surface area contributed by atoms with Crippen molar-refractivity contribution >= 4 is 27.3 Å². The molecule has 1 aromatic heterocycles. The molecule has 8 nitrogen and oxygen atoms in total.